The topological polar surface area (TPSA) is 37.9 Å². The van der Waals surface area contributed by atoms with E-state index in [0.29, 0.717) is 10.0 Å². The van der Waals surface area contributed by atoms with Gasteiger partial charge in [0.25, 0.3) is 0 Å². The van der Waals surface area contributed by atoms with Gasteiger partial charge in [0.05, 0.1) is 21.1 Å². The minimum absolute atomic E-state index is 0.249. The van der Waals surface area contributed by atoms with Crippen LogP contribution in [0.5, 0.6) is 0 Å². The lowest BCUT2D eigenvalue weighted by Crippen LogP contribution is -2.05. The van der Waals surface area contributed by atoms with Gasteiger partial charge in [-0.25, -0.2) is 4.98 Å². The van der Waals surface area contributed by atoms with Gasteiger partial charge in [-0.1, -0.05) is 53.5 Å². The standard InChI is InChI=1S/C15H12Cl2N2O/c1-20-14(9-5-3-2-4-6-9)15-18-12-7-10(16)11(17)8-13(12)19-15/h2-8,14H,1H3,(H,18,19). The number of nitrogens with zero attached hydrogens (tertiary/aromatic N) is 1. The summed E-state index contributed by atoms with van der Waals surface area (Å²) in [5.74, 6) is 0.729. The number of hydrogen-bond acceptors (Lipinski definition) is 2. The van der Waals surface area contributed by atoms with Crippen molar-refractivity contribution in [2.45, 2.75) is 6.10 Å². The molecule has 20 heavy (non-hydrogen) atoms. The predicted octanol–water partition coefficient (Wildman–Crippen LogP) is 4.61. The Labute approximate surface area is 126 Å². The molecule has 1 N–H and O–H groups in total. The van der Waals surface area contributed by atoms with Gasteiger partial charge in [0.1, 0.15) is 11.9 Å². The number of ether oxygens (including phenoxy) is 1. The molecule has 3 nitrogen and oxygen atoms in total. The summed E-state index contributed by atoms with van der Waals surface area (Å²) in [7, 11) is 1.66. The molecule has 0 saturated carbocycles. The molecular formula is C15H12Cl2N2O. The molecule has 2 aromatic carbocycles. The van der Waals surface area contributed by atoms with Crippen molar-refractivity contribution in [2.24, 2.45) is 0 Å². The van der Waals surface area contributed by atoms with Crippen LogP contribution in [0.3, 0.4) is 0 Å². The van der Waals surface area contributed by atoms with Crippen molar-refractivity contribution < 1.29 is 4.74 Å². The fourth-order valence-electron chi connectivity index (χ4n) is 2.18. The lowest BCUT2D eigenvalue weighted by Gasteiger charge is -2.12. The lowest BCUT2D eigenvalue weighted by atomic mass is 10.1. The number of imidazole rings is 1. The summed E-state index contributed by atoms with van der Waals surface area (Å²) in [6, 6.07) is 13.4. The molecule has 1 unspecified atom stereocenters. The van der Waals surface area contributed by atoms with E-state index in [2.05, 4.69) is 9.97 Å². The smallest absolute Gasteiger partial charge is 0.141 e. The number of hydrogen-bond donors (Lipinski definition) is 1. The zero-order valence-corrected chi connectivity index (χ0v) is 12.2. The summed E-state index contributed by atoms with van der Waals surface area (Å²) in [5.41, 5.74) is 2.64. The second-order valence-electron chi connectivity index (χ2n) is 4.43. The van der Waals surface area contributed by atoms with Gasteiger partial charge in [-0.05, 0) is 17.7 Å². The molecule has 0 radical (unpaired) electrons. The van der Waals surface area contributed by atoms with Gasteiger partial charge in [-0.15, -0.1) is 0 Å². The summed E-state index contributed by atoms with van der Waals surface area (Å²) in [5, 5.41) is 0.994. The number of aromatic nitrogens is 2. The molecule has 0 fully saturated rings. The normalized spacial score (nSPS) is 12.8. The molecule has 0 amide bonds. The van der Waals surface area contributed by atoms with Gasteiger partial charge in [-0.2, -0.15) is 0 Å². The Balaban J connectivity index is 2.09. The van der Waals surface area contributed by atoms with Crippen molar-refractivity contribution in [1.29, 1.82) is 0 Å². The van der Waals surface area contributed by atoms with Crippen molar-refractivity contribution in [3.63, 3.8) is 0 Å². The third kappa shape index (κ3) is 2.40. The molecule has 102 valence electrons. The number of benzene rings is 2. The Morgan fingerprint density at radius 3 is 2.50 bits per heavy atom. The molecule has 0 saturated heterocycles. The first-order valence-corrected chi connectivity index (χ1v) is 6.87. The number of rotatable bonds is 3. The van der Waals surface area contributed by atoms with E-state index in [4.69, 9.17) is 27.9 Å². The van der Waals surface area contributed by atoms with Crippen LogP contribution in [0.4, 0.5) is 0 Å². The van der Waals surface area contributed by atoms with E-state index >= 15 is 0 Å². The first-order valence-electron chi connectivity index (χ1n) is 6.11. The van der Waals surface area contributed by atoms with E-state index in [1.54, 1.807) is 19.2 Å². The lowest BCUT2D eigenvalue weighted by molar-refractivity contribution is 0.130. The molecule has 1 aromatic heterocycles. The van der Waals surface area contributed by atoms with Crippen LogP contribution in [-0.4, -0.2) is 17.1 Å². The summed E-state index contributed by atoms with van der Waals surface area (Å²) < 4.78 is 5.55. The highest BCUT2D eigenvalue weighted by Gasteiger charge is 2.17. The molecule has 0 spiro atoms. The minimum atomic E-state index is -0.249. The molecular weight excluding hydrogens is 295 g/mol. The second kappa shape index (κ2) is 5.44. The first kappa shape index (κ1) is 13.4. The van der Waals surface area contributed by atoms with Crippen molar-refractivity contribution in [1.82, 2.24) is 9.97 Å². The van der Waals surface area contributed by atoms with Gasteiger partial charge in [0, 0.05) is 7.11 Å². The first-order chi connectivity index (χ1) is 9.69. The largest absolute Gasteiger partial charge is 0.369 e. The monoisotopic (exact) mass is 306 g/mol. The molecule has 5 heteroatoms. The highest BCUT2D eigenvalue weighted by atomic mass is 35.5. The maximum Gasteiger partial charge on any atom is 0.141 e. The SMILES string of the molecule is COC(c1ccccc1)c1nc2cc(Cl)c(Cl)cc2[nH]1. The van der Waals surface area contributed by atoms with Crippen molar-refractivity contribution >= 4 is 34.2 Å². The van der Waals surface area contributed by atoms with Gasteiger partial charge in [0.15, 0.2) is 0 Å². The van der Waals surface area contributed by atoms with Gasteiger partial charge in [-0.3, -0.25) is 0 Å². The van der Waals surface area contributed by atoms with Crippen LogP contribution in [0, 0.1) is 0 Å². The number of aromatic amines is 1. The molecule has 0 aliphatic carbocycles. The van der Waals surface area contributed by atoms with E-state index < -0.39 is 0 Å². The highest BCUT2D eigenvalue weighted by Crippen LogP contribution is 2.29. The molecule has 3 rings (SSSR count). The zero-order chi connectivity index (χ0) is 14.1. The molecule has 1 heterocycles. The van der Waals surface area contributed by atoms with Crippen LogP contribution >= 0.6 is 23.2 Å². The Morgan fingerprint density at radius 1 is 1.10 bits per heavy atom. The quantitative estimate of drug-likeness (QED) is 0.767. The Morgan fingerprint density at radius 2 is 1.80 bits per heavy atom. The van der Waals surface area contributed by atoms with Gasteiger partial charge in [0.2, 0.25) is 0 Å². The Bertz CT molecular complexity index is 701. The van der Waals surface area contributed by atoms with Crippen LogP contribution in [-0.2, 0) is 4.74 Å². The fourth-order valence-corrected chi connectivity index (χ4v) is 2.50. The average Bonchev–Trinajstić information content (AvgIpc) is 2.84. The molecule has 0 aliphatic heterocycles. The van der Waals surface area contributed by atoms with Crippen LogP contribution in [0.25, 0.3) is 11.0 Å². The highest BCUT2D eigenvalue weighted by molar-refractivity contribution is 6.42. The molecule has 3 aromatic rings. The van der Waals surface area contributed by atoms with Crippen LogP contribution in [0.2, 0.25) is 10.0 Å². The molecule has 0 aliphatic rings. The maximum absolute atomic E-state index is 6.02. The second-order valence-corrected chi connectivity index (χ2v) is 5.25. The average molecular weight is 307 g/mol. The van der Waals surface area contributed by atoms with Gasteiger partial charge >= 0.3 is 0 Å². The number of H-pyrrole nitrogens is 1. The van der Waals surface area contributed by atoms with Crippen molar-refractivity contribution in [3.05, 3.63) is 63.9 Å². The number of methoxy groups -OCH3 is 1. The predicted molar refractivity (Wildman–Crippen MR) is 81.4 cm³/mol. The number of fused-ring (bicyclic) bond motifs is 1. The van der Waals surface area contributed by atoms with E-state index in [1.807, 2.05) is 30.3 Å². The number of halogens is 2. The number of nitrogens with one attached hydrogen (secondary N) is 1. The van der Waals surface area contributed by atoms with Crippen molar-refractivity contribution in [2.75, 3.05) is 7.11 Å². The van der Waals surface area contributed by atoms with Crippen LogP contribution in [0.1, 0.15) is 17.5 Å². The van der Waals surface area contributed by atoms with E-state index in [9.17, 15) is 0 Å². The maximum atomic E-state index is 6.02. The van der Waals surface area contributed by atoms with E-state index in [0.717, 1.165) is 22.4 Å². The summed E-state index contributed by atoms with van der Waals surface area (Å²) in [6.45, 7) is 0. The summed E-state index contributed by atoms with van der Waals surface area (Å²) >= 11 is 12.0. The van der Waals surface area contributed by atoms with Crippen LogP contribution in [0.15, 0.2) is 42.5 Å². The van der Waals surface area contributed by atoms with E-state index in [-0.39, 0.29) is 6.10 Å². The zero-order valence-electron chi connectivity index (χ0n) is 10.7. The summed E-state index contributed by atoms with van der Waals surface area (Å²) in [6.07, 6.45) is -0.249. The third-order valence-electron chi connectivity index (χ3n) is 3.13. The van der Waals surface area contributed by atoms with E-state index in [1.165, 1.54) is 0 Å². The summed E-state index contributed by atoms with van der Waals surface area (Å²) in [4.78, 5) is 7.77. The Kier molecular flexibility index (Phi) is 3.66. The molecule has 1 atom stereocenters. The minimum Gasteiger partial charge on any atom is -0.369 e. The third-order valence-corrected chi connectivity index (χ3v) is 3.85. The van der Waals surface area contributed by atoms with Gasteiger partial charge < -0.3 is 9.72 Å². The fraction of sp³-hybridized carbons (Fsp3) is 0.133. The molecule has 0 bridgehead atoms. The Hall–Kier alpha value is -1.55. The van der Waals surface area contributed by atoms with Crippen molar-refractivity contribution in [3.8, 4) is 0 Å². The van der Waals surface area contributed by atoms with Crippen LogP contribution < -0.4 is 0 Å².